The van der Waals surface area contributed by atoms with Crippen molar-refractivity contribution in [2.45, 2.75) is 32.0 Å². The number of hydrogen-bond donors (Lipinski definition) is 4. The lowest BCUT2D eigenvalue weighted by molar-refractivity contribution is -0.127. The highest BCUT2D eigenvalue weighted by molar-refractivity contribution is 6.23. The molecule has 14 heteroatoms. The average molecular weight is 717 g/mol. The standard InChI is InChI=1S/C39H32N4O10/c1-41(2)29-24-13-16-12-23-17(14-42-36(50)19-7-3-4-8-20(19)37(42)51)11-18(15-43-38(52)21-9-5-6-10-22(21)39(43)53)30(44)26(23)31(45)25(16)32(46)27(24)33(47)28(34(29)48)35(40)49/h3-11,16,24,27,29,44,46,48H,12-15H2,1-2H3,(H2,40,49)/t16?,24-,27?,29+/m1/s1. The normalized spacial score (nSPS) is 23.5. The summed E-state index contributed by atoms with van der Waals surface area (Å²) in [5.41, 5.74) is 5.61. The van der Waals surface area contributed by atoms with E-state index >= 15 is 0 Å². The monoisotopic (exact) mass is 716 g/mol. The summed E-state index contributed by atoms with van der Waals surface area (Å²) in [6.45, 7) is -0.798. The molecule has 5 amide bonds. The number of aliphatic hydroxyl groups is 2. The molecule has 3 aromatic carbocycles. The Balaban J connectivity index is 1.26. The maximum Gasteiger partial charge on any atom is 0.261 e. The highest BCUT2D eigenvalue weighted by Gasteiger charge is 2.55. The first-order valence-electron chi connectivity index (χ1n) is 16.9. The number of amides is 5. The van der Waals surface area contributed by atoms with E-state index < -0.39 is 94.3 Å². The van der Waals surface area contributed by atoms with Crippen molar-refractivity contribution in [3.05, 3.63) is 122 Å². The third kappa shape index (κ3) is 4.71. The third-order valence-electron chi connectivity index (χ3n) is 11.2. The average Bonchev–Trinajstić information content (AvgIpc) is 3.49. The molecule has 2 heterocycles. The van der Waals surface area contributed by atoms with Crippen LogP contribution in [0, 0.1) is 17.8 Å². The Morgan fingerprint density at radius 1 is 0.774 bits per heavy atom. The molecule has 14 nitrogen and oxygen atoms in total. The quantitative estimate of drug-likeness (QED) is 0.215. The van der Waals surface area contributed by atoms with Gasteiger partial charge in [0.2, 0.25) is 0 Å². The molecule has 2 aliphatic heterocycles. The lowest BCUT2D eigenvalue weighted by Gasteiger charge is -2.46. The second-order valence-electron chi connectivity index (χ2n) is 14.2. The van der Waals surface area contributed by atoms with Gasteiger partial charge in [0.15, 0.2) is 11.6 Å². The number of fused-ring (bicyclic) bond motifs is 5. The molecule has 0 bridgehead atoms. The van der Waals surface area contributed by atoms with Crippen LogP contribution in [-0.2, 0) is 29.1 Å². The Morgan fingerprint density at radius 3 is 1.74 bits per heavy atom. The van der Waals surface area contributed by atoms with Crippen molar-refractivity contribution in [3.63, 3.8) is 0 Å². The van der Waals surface area contributed by atoms with Gasteiger partial charge in [0.25, 0.3) is 29.5 Å². The summed E-state index contributed by atoms with van der Waals surface area (Å²) in [6.07, 6.45) is 0.0917. The van der Waals surface area contributed by atoms with Crippen molar-refractivity contribution >= 4 is 41.1 Å². The molecule has 0 saturated heterocycles. The molecule has 268 valence electrons. The number of rotatable bonds is 6. The number of aliphatic hydroxyl groups excluding tert-OH is 2. The number of nitrogens with two attached hydrogens (primary N) is 1. The molecule has 53 heavy (non-hydrogen) atoms. The fourth-order valence-electron chi connectivity index (χ4n) is 8.84. The van der Waals surface area contributed by atoms with Crippen LogP contribution in [0.3, 0.4) is 0 Å². The minimum Gasteiger partial charge on any atom is -0.511 e. The van der Waals surface area contributed by atoms with Crippen molar-refractivity contribution in [1.29, 1.82) is 0 Å². The molecule has 5 aliphatic rings. The van der Waals surface area contributed by atoms with E-state index in [1.54, 1.807) is 43.3 Å². The first kappa shape index (κ1) is 33.7. The maximum atomic E-state index is 14.6. The molecule has 2 unspecified atom stereocenters. The van der Waals surface area contributed by atoms with Gasteiger partial charge in [0.1, 0.15) is 22.8 Å². The fourth-order valence-corrected chi connectivity index (χ4v) is 8.84. The zero-order chi connectivity index (χ0) is 37.8. The first-order valence-corrected chi connectivity index (χ1v) is 16.9. The lowest BCUT2D eigenvalue weighted by atomic mass is 9.60. The summed E-state index contributed by atoms with van der Waals surface area (Å²) < 4.78 is 0. The van der Waals surface area contributed by atoms with E-state index in [-0.39, 0.29) is 69.5 Å². The maximum absolute atomic E-state index is 14.6. The number of phenolic OH excluding ortho intramolecular Hbond substituents is 1. The van der Waals surface area contributed by atoms with Gasteiger partial charge in [0.05, 0.1) is 52.9 Å². The van der Waals surface area contributed by atoms with Crippen LogP contribution in [0.5, 0.6) is 5.75 Å². The van der Waals surface area contributed by atoms with Crippen LogP contribution in [0.25, 0.3) is 0 Å². The number of imide groups is 2. The van der Waals surface area contributed by atoms with Crippen LogP contribution in [0.2, 0.25) is 0 Å². The molecular formula is C39H32N4O10. The number of likely N-dealkylation sites (N-methyl/N-ethyl adjacent to an activating group) is 1. The highest BCUT2D eigenvalue weighted by atomic mass is 16.3. The van der Waals surface area contributed by atoms with Crippen molar-refractivity contribution in [2.75, 3.05) is 14.1 Å². The number of ketones is 2. The van der Waals surface area contributed by atoms with Crippen molar-refractivity contribution in [3.8, 4) is 5.75 Å². The van der Waals surface area contributed by atoms with E-state index in [2.05, 4.69) is 0 Å². The summed E-state index contributed by atoms with van der Waals surface area (Å²) in [5, 5.41) is 34.7. The van der Waals surface area contributed by atoms with Gasteiger partial charge in [-0.3, -0.25) is 48.3 Å². The lowest BCUT2D eigenvalue weighted by Crippen LogP contribution is -2.53. The van der Waals surface area contributed by atoms with Gasteiger partial charge in [-0.1, -0.05) is 24.3 Å². The molecule has 0 radical (unpaired) electrons. The molecular weight excluding hydrogens is 684 g/mol. The van der Waals surface area contributed by atoms with Crippen LogP contribution in [-0.4, -0.2) is 91.3 Å². The molecule has 0 spiro atoms. The summed E-state index contributed by atoms with van der Waals surface area (Å²) in [7, 11) is 3.25. The smallest absolute Gasteiger partial charge is 0.261 e. The van der Waals surface area contributed by atoms with Gasteiger partial charge in [0, 0.05) is 11.1 Å². The zero-order valence-electron chi connectivity index (χ0n) is 28.5. The van der Waals surface area contributed by atoms with E-state index in [1.807, 2.05) is 0 Å². The summed E-state index contributed by atoms with van der Waals surface area (Å²) in [5.74, 6) is -10.0. The van der Waals surface area contributed by atoms with E-state index in [0.29, 0.717) is 0 Å². The Morgan fingerprint density at radius 2 is 1.26 bits per heavy atom. The molecule has 4 atom stereocenters. The van der Waals surface area contributed by atoms with E-state index in [0.717, 1.165) is 9.80 Å². The minimum absolute atomic E-state index is 0.00450. The number of carbonyl (C=O) groups is 7. The third-order valence-corrected chi connectivity index (χ3v) is 11.2. The number of benzene rings is 3. The Labute approximate surface area is 301 Å². The number of hydrogen-bond acceptors (Lipinski definition) is 11. The molecule has 0 aromatic heterocycles. The molecule has 3 aromatic rings. The Hall–Kier alpha value is -6.41. The number of Topliss-reactive ketones (excluding diaryl/α,β-unsaturated/α-hetero) is 2. The minimum atomic E-state index is -1.40. The Kier molecular flexibility index (Phi) is 7.52. The highest BCUT2D eigenvalue weighted by Crippen LogP contribution is 2.51. The summed E-state index contributed by atoms with van der Waals surface area (Å²) in [4.78, 5) is 97.8. The molecule has 0 saturated carbocycles. The molecule has 5 N–H and O–H groups in total. The molecule has 8 rings (SSSR count). The van der Waals surface area contributed by atoms with Gasteiger partial charge in [-0.15, -0.1) is 0 Å². The Bertz CT molecular complexity index is 2290. The van der Waals surface area contributed by atoms with Gasteiger partial charge < -0.3 is 21.1 Å². The zero-order valence-corrected chi connectivity index (χ0v) is 28.5. The van der Waals surface area contributed by atoms with Crippen molar-refractivity contribution < 1.29 is 48.9 Å². The van der Waals surface area contributed by atoms with Crippen LogP contribution in [0.4, 0.5) is 0 Å². The largest absolute Gasteiger partial charge is 0.511 e. The predicted molar refractivity (Wildman–Crippen MR) is 184 cm³/mol. The van der Waals surface area contributed by atoms with Crippen LogP contribution in [0.15, 0.2) is 77.3 Å². The number of aromatic hydroxyl groups is 1. The topological polar surface area (TPSA) is 216 Å². The van der Waals surface area contributed by atoms with Crippen LogP contribution < -0.4 is 5.73 Å². The molecule has 0 fully saturated rings. The van der Waals surface area contributed by atoms with E-state index in [9.17, 15) is 48.9 Å². The van der Waals surface area contributed by atoms with Gasteiger partial charge in [-0.05, 0) is 80.2 Å². The summed E-state index contributed by atoms with van der Waals surface area (Å²) in [6, 6.07) is 13.1. The number of carbonyl (C=O) groups excluding carboxylic acids is 7. The fraction of sp³-hybridized carbons (Fsp3) is 0.256. The second-order valence-corrected chi connectivity index (χ2v) is 14.2. The number of phenols is 1. The summed E-state index contributed by atoms with van der Waals surface area (Å²) >= 11 is 0. The number of nitrogens with zero attached hydrogens (tertiary/aromatic N) is 3. The molecule has 3 aliphatic carbocycles. The van der Waals surface area contributed by atoms with Crippen LogP contribution in [0.1, 0.15) is 74.9 Å². The number of allylic oxidation sites excluding steroid dienone is 2. The van der Waals surface area contributed by atoms with E-state index in [4.69, 9.17) is 5.73 Å². The van der Waals surface area contributed by atoms with Gasteiger partial charge in [-0.25, -0.2) is 0 Å². The van der Waals surface area contributed by atoms with Crippen LogP contribution >= 0.6 is 0 Å². The predicted octanol–water partition coefficient (Wildman–Crippen LogP) is 2.60. The van der Waals surface area contributed by atoms with Gasteiger partial charge >= 0.3 is 0 Å². The van der Waals surface area contributed by atoms with E-state index in [1.165, 1.54) is 30.3 Å². The first-order chi connectivity index (χ1) is 25.2. The second kappa shape index (κ2) is 11.8. The van der Waals surface area contributed by atoms with Gasteiger partial charge in [-0.2, -0.15) is 0 Å². The van der Waals surface area contributed by atoms with Crippen molar-refractivity contribution in [1.82, 2.24) is 14.7 Å². The number of primary amides is 1. The van der Waals surface area contributed by atoms with Crippen molar-refractivity contribution in [2.24, 2.45) is 23.5 Å². The SMILES string of the molecule is CN(C)[C@@H]1C(O)=C(C(N)=O)C(=O)C2C(O)=C3C(=O)c4c(O)c(CN5C(=O)c6ccccc6C5=O)cc(CN5C(=O)c6ccccc6C5=O)c4CC3C[C@H]21.